The van der Waals surface area contributed by atoms with Crippen LogP contribution in [0.4, 0.5) is 0 Å². The van der Waals surface area contributed by atoms with E-state index in [1.54, 1.807) is 12.1 Å². The number of Topliss-reactive ketones (excluding diaryl/α,β-unsaturated/α-hetero) is 1. The largest absolute Gasteiger partial charge is 0.480 e. The lowest BCUT2D eigenvalue weighted by atomic mass is 10.0. The first kappa shape index (κ1) is 15.9. The van der Waals surface area contributed by atoms with E-state index < -0.39 is 17.9 Å². The number of hydrogen-bond acceptors (Lipinski definition) is 3. The minimum Gasteiger partial charge on any atom is -0.480 e. The maximum atomic E-state index is 11.9. The Morgan fingerprint density at radius 2 is 1.75 bits per heavy atom. The maximum absolute atomic E-state index is 11.9. The Kier molecular flexibility index (Phi) is 5.90. The molecular formula is C15H19NO4. The van der Waals surface area contributed by atoms with Crippen molar-refractivity contribution in [1.29, 1.82) is 0 Å². The van der Waals surface area contributed by atoms with E-state index in [2.05, 4.69) is 5.32 Å². The Labute approximate surface area is 118 Å². The fourth-order valence-electron chi connectivity index (χ4n) is 1.67. The number of aliphatic carboxylic acids is 1. The van der Waals surface area contributed by atoms with Crippen LogP contribution in [-0.4, -0.2) is 28.8 Å². The highest BCUT2D eigenvalue weighted by molar-refractivity contribution is 5.98. The number of ketones is 1. The molecule has 1 amide bonds. The molecule has 0 unspecified atom stereocenters. The molecule has 1 aromatic rings. The normalized spacial score (nSPS) is 11.7. The van der Waals surface area contributed by atoms with Crippen molar-refractivity contribution in [3.05, 3.63) is 35.4 Å². The number of benzene rings is 1. The quantitative estimate of drug-likeness (QED) is 0.744. The number of rotatable bonds is 7. The number of nitrogens with one attached hydrogen (secondary N) is 1. The second-order valence-corrected chi connectivity index (χ2v) is 4.60. The number of carbonyl (C=O) groups is 3. The summed E-state index contributed by atoms with van der Waals surface area (Å²) >= 11 is 0. The first-order valence-corrected chi connectivity index (χ1v) is 6.58. The van der Waals surface area contributed by atoms with Gasteiger partial charge in [0, 0.05) is 18.4 Å². The highest BCUT2D eigenvalue weighted by Gasteiger charge is 2.15. The van der Waals surface area contributed by atoms with Gasteiger partial charge in [-0.3, -0.25) is 14.4 Å². The summed E-state index contributed by atoms with van der Waals surface area (Å²) in [6.45, 7) is 3.41. The maximum Gasteiger partial charge on any atom is 0.325 e. The van der Waals surface area contributed by atoms with E-state index >= 15 is 0 Å². The second-order valence-electron chi connectivity index (χ2n) is 4.60. The molecule has 1 aromatic carbocycles. The Balaban J connectivity index is 2.46. The van der Waals surface area contributed by atoms with Crippen molar-refractivity contribution in [2.75, 3.05) is 0 Å². The average molecular weight is 277 g/mol. The molecule has 0 saturated heterocycles. The van der Waals surface area contributed by atoms with E-state index in [-0.39, 0.29) is 18.6 Å². The topological polar surface area (TPSA) is 83.5 Å². The summed E-state index contributed by atoms with van der Waals surface area (Å²) in [7, 11) is 0. The molecular weight excluding hydrogens is 258 g/mol. The van der Waals surface area contributed by atoms with Crippen LogP contribution < -0.4 is 5.32 Å². The van der Waals surface area contributed by atoms with E-state index in [9.17, 15) is 14.4 Å². The zero-order valence-corrected chi connectivity index (χ0v) is 11.7. The van der Waals surface area contributed by atoms with Crippen LogP contribution in [0.3, 0.4) is 0 Å². The Morgan fingerprint density at radius 1 is 1.15 bits per heavy atom. The predicted molar refractivity (Wildman–Crippen MR) is 74.6 cm³/mol. The summed E-state index contributed by atoms with van der Waals surface area (Å²) in [5, 5.41) is 11.0. The van der Waals surface area contributed by atoms with Crippen LogP contribution >= 0.6 is 0 Å². The van der Waals surface area contributed by atoms with Crippen molar-refractivity contribution in [2.24, 2.45) is 0 Å². The van der Waals surface area contributed by atoms with E-state index in [0.29, 0.717) is 5.56 Å². The van der Waals surface area contributed by atoms with Crippen molar-refractivity contribution in [1.82, 2.24) is 5.32 Å². The third-order valence-corrected chi connectivity index (χ3v) is 3.01. The summed E-state index contributed by atoms with van der Waals surface area (Å²) in [6.07, 6.45) is 0.972. The first-order valence-electron chi connectivity index (χ1n) is 6.58. The number of carboxylic acids is 1. The molecule has 0 saturated carbocycles. The van der Waals surface area contributed by atoms with Crippen LogP contribution in [0.15, 0.2) is 24.3 Å². The standard InChI is InChI=1S/C15H19NO4/c1-3-11-4-6-12(7-5-11)13(17)8-9-14(18)16-10(2)15(19)20/h4-7,10H,3,8-9H2,1-2H3,(H,16,18)(H,19,20)/t10-/m1/s1. The van der Waals surface area contributed by atoms with Crippen LogP contribution in [0, 0.1) is 0 Å². The average Bonchev–Trinajstić information content (AvgIpc) is 2.44. The van der Waals surface area contributed by atoms with E-state index in [1.165, 1.54) is 6.92 Å². The molecule has 0 aliphatic heterocycles. The van der Waals surface area contributed by atoms with E-state index in [1.807, 2.05) is 19.1 Å². The summed E-state index contributed by atoms with van der Waals surface area (Å²) in [6, 6.07) is 6.33. The summed E-state index contributed by atoms with van der Waals surface area (Å²) in [5.74, 6) is -1.65. The Morgan fingerprint density at radius 3 is 2.25 bits per heavy atom. The predicted octanol–water partition coefficient (Wildman–Crippen LogP) is 1.80. The van der Waals surface area contributed by atoms with Gasteiger partial charge < -0.3 is 10.4 Å². The van der Waals surface area contributed by atoms with E-state index in [0.717, 1.165) is 12.0 Å². The molecule has 1 atom stereocenters. The highest BCUT2D eigenvalue weighted by Crippen LogP contribution is 2.08. The molecule has 0 aliphatic carbocycles. The van der Waals surface area contributed by atoms with Gasteiger partial charge in [0.2, 0.25) is 5.91 Å². The van der Waals surface area contributed by atoms with Gasteiger partial charge in [0.05, 0.1) is 0 Å². The fourth-order valence-corrected chi connectivity index (χ4v) is 1.67. The molecule has 108 valence electrons. The van der Waals surface area contributed by atoms with Gasteiger partial charge in [-0.1, -0.05) is 31.2 Å². The van der Waals surface area contributed by atoms with Crippen molar-refractivity contribution < 1.29 is 19.5 Å². The number of aryl methyl sites for hydroxylation is 1. The Bertz CT molecular complexity index is 493. The lowest BCUT2D eigenvalue weighted by Crippen LogP contribution is -2.38. The first-order chi connectivity index (χ1) is 9.43. The fraction of sp³-hybridized carbons (Fsp3) is 0.400. The SMILES string of the molecule is CCc1ccc(C(=O)CCC(=O)N[C@H](C)C(=O)O)cc1. The molecule has 5 nitrogen and oxygen atoms in total. The van der Waals surface area contributed by atoms with Gasteiger partial charge in [-0.2, -0.15) is 0 Å². The molecule has 0 bridgehead atoms. The summed E-state index contributed by atoms with van der Waals surface area (Å²) in [5.41, 5.74) is 1.72. The monoisotopic (exact) mass is 277 g/mol. The van der Waals surface area contributed by atoms with Crippen LogP contribution in [-0.2, 0) is 16.0 Å². The molecule has 0 radical (unpaired) electrons. The van der Waals surface area contributed by atoms with Gasteiger partial charge in [0.25, 0.3) is 0 Å². The number of carboxylic acid groups (broad SMARTS) is 1. The molecule has 0 aromatic heterocycles. The zero-order valence-electron chi connectivity index (χ0n) is 11.7. The number of hydrogen-bond donors (Lipinski definition) is 2. The van der Waals surface area contributed by atoms with Crippen LogP contribution in [0.25, 0.3) is 0 Å². The lowest BCUT2D eigenvalue weighted by Gasteiger charge is -2.08. The van der Waals surface area contributed by atoms with Crippen LogP contribution in [0.1, 0.15) is 42.6 Å². The summed E-state index contributed by atoms with van der Waals surface area (Å²) < 4.78 is 0. The van der Waals surface area contributed by atoms with Gasteiger partial charge >= 0.3 is 5.97 Å². The van der Waals surface area contributed by atoms with Gasteiger partial charge in [0.1, 0.15) is 6.04 Å². The molecule has 0 aliphatic rings. The number of amides is 1. The third kappa shape index (κ3) is 4.84. The van der Waals surface area contributed by atoms with Crippen molar-refractivity contribution >= 4 is 17.7 Å². The molecule has 0 heterocycles. The van der Waals surface area contributed by atoms with Crippen molar-refractivity contribution in [3.63, 3.8) is 0 Å². The van der Waals surface area contributed by atoms with Crippen LogP contribution in [0.2, 0.25) is 0 Å². The van der Waals surface area contributed by atoms with Gasteiger partial charge in [0.15, 0.2) is 5.78 Å². The minimum absolute atomic E-state index is 0.00795. The zero-order chi connectivity index (χ0) is 15.1. The molecule has 0 spiro atoms. The minimum atomic E-state index is -1.10. The van der Waals surface area contributed by atoms with Gasteiger partial charge in [-0.15, -0.1) is 0 Å². The van der Waals surface area contributed by atoms with Gasteiger partial charge in [-0.25, -0.2) is 0 Å². The Hall–Kier alpha value is -2.17. The molecule has 20 heavy (non-hydrogen) atoms. The molecule has 0 fully saturated rings. The number of carbonyl (C=O) groups excluding carboxylic acids is 2. The molecule has 1 rings (SSSR count). The van der Waals surface area contributed by atoms with Crippen molar-refractivity contribution in [3.8, 4) is 0 Å². The van der Waals surface area contributed by atoms with E-state index in [4.69, 9.17) is 5.11 Å². The summed E-state index contributed by atoms with van der Waals surface area (Å²) in [4.78, 5) is 33.9. The van der Waals surface area contributed by atoms with Gasteiger partial charge in [-0.05, 0) is 18.9 Å². The highest BCUT2D eigenvalue weighted by atomic mass is 16.4. The van der Waals surface area contributed by atoms with Crippen LogP contribution in [0.5, 0.6) is 0 Å². The van der Waals surface area contributed by atoms with Crippen molar-refractivity contribution in [2.45, 2.75) is 39.2 Å². The third-order valence-electron chi connectivity index (χ3n) is 3.01. The smallest absolute Gasteiger partial charge is 0.325 e. The second kappa shape index (κ2) is 7.43. The molecule has 2 N–H and O–H groups in total. The molecule has 5 heteroatoms. The lowest BCUT2D eigenvalue weighted by molar-refractivity contribution is -0.141.